The van der Waals surface area contributed by atoms with Crippen molar-refractivity contribution >= 4 is 22.9 Å². The zero-order valence-corrected chi connectivity index (χ0v) is 12.9. The predicted molar refractivity (Wildman–Crippen MR) is 78.7 cm³/mol. The molecule has 2 aromatic rings. The van der Waals surface area contributed by atoms with E-state index in [4.69, 9.17) is 16.0 Å². The fraction of sp³-hybridized carbons (Fsp3) is 0.538. The van der Waals surface area contributed by atoms with Gasteiger partial charge < -0.3 is 9.73 Å². The number of aromatic nitrogens is 2. The lowest BCUT2D eigenvalue weighted by Gasteiger charge is -2.19. The van der Waals surface area contributed by atoms with E-state index < -0.39 is 0 Å². The van der Waals surface area contributed by atoms with Crippen LogP contribution in [0.1, 0.15) is 33.1 Å². The number of hydrogen-bond donors (Lipinski definition) is 1. The summed E-state index contributed by atoms with van der Waals surface area (Å²) in [6, 6.07) is 3.73. The largest absolute Gasteiger partial charge is 0.420 e. The van der Waals surface area contributed by atoms with E-state index in [9.17, 15) is 0 Å². The smallest absolute Gasteiger partial charge is 0.257 e. The summed E-state index contributed by atoms with van der Waals surface area (Å²) in [6.45, 7) is 7.39. The first kappa shape index (κ1) is 14.5. The summed E-state index contributed by atoms with van der Waals surface area (Å²) in [7, 11) is 0. The molecule has 2 rings (SSSR count). The molecule has 2 heterocycles. The van der Waals surface area contributed by atoms with Crippen molar-refractivity contribution in [1.29, 1.82) is 0 Å². The average molecular weight is 300 g/mol. The second kappa shape index (κ2) is 6.03. The van der Waals surface area contributed by atoms with Crippen LogP contribution in [-0.4, -0.2) is 22.3 Å². The van der Waals surface area contributed by atoms with Crippen LogP contribution in [-0.2, 0) is 6.42 Å². The molecule has 0 saturated heterocycles. The van der Waals surface area contributed by atoms with Crippen molar-refractivity contribution in [3.63, 3.8) is 0 Å². The van der Waals surface area contributed by atoms with Crippen LogP contribution in [0.3, 0.4) is 0 Å². The Hall–Kier alpha value is -0.910. The molecule has 0 bridgehead atoms. The van der Waals surface area contributed by atoms with E-state index >= 15 is 0 Å². The first-order valence-electron chi connectivity index (χ1n) is 6.27. The molecule has 0 atom stereocenters. The number of hydrogen-bond acceptors (Lipinski definition) is 5. The highest BCUT2D eigenvalue weighted by atomic mass is 35.5. The number of rotatable bonds is 5. The van der Waals surface area contributed by atoms with E-state index in [1.165, 1.54) is 11.3 Å². The number of nitrogens with zero attached hydrogens (tertiary/aromatic N) is 2. The fourth-order valence-corrected chi connectivity index (χ4v) is 2.55. The minimum atomic E-state index is 0.147. The highest BCUT2D eigenvalue weighted by molar-refractivity contribution is 7.19. The van der Waals surface area contributed by atoms with E-state index in [1.807, 2.05) is 12.1 Å². The molecule has 4 nitrogen and oxygen atoms in total. The zero-order chi connectivity index (χ0) is 13.9. The van der Waals surface area contributed by atoms with E-state index in [0.29, 0.717) is 11.8 Å². The van der Waals surface area contributed by atoms with E-state index in [1.54, 1.807) is 0 Å². The Morgan fingerprint density at radius 3 is 2.74 bits per heavy atom. The standard InChI is InChI=1S/C13H18ClN3OS/c1-13(2,3)15-8-4-5-11-16-17-12(18-11)9-6-7-10(14)19-9/h6-7,15H,4-5,8H2,1-3H3. The van der Waals surface area contributed by atoms with Crippen LogP contribution in [0.15, 0.2) is 16.5 Å². The summed E-state index contributed by atoms with van der Waals surface area (Å²) < 4.78 is 6.34. The van der Waals surface area contributed by atoms with Crippen LogP contribution in [0.4, 0.5) is 0 Å². The monoisotopic (exact) mass is 299 g/mol. The molecular formula is C13H18ClN3OS. The summed E-state index contributed by atoms with van der Waals surface area (Å²) in [5.41, 5.74) is 0.147. The molecule has 19 heavy (non-hydrogen) atoms. The Kier molecular flexibility index (Phi) is 4.60. The van der Waals surface area contributed by atoms with Crippen LogP contribution < -0.4 is 5.32 Å². The Labute approximate surface area is 122 Å². The quantitative estimate of drug-likeness (QED) is 0.854. The van der Waals surface area contributed by atoms with Crippen molar-refractivity contribution < 1.29 is 4.42 Å². The van der Waals surface area contributed by atoms with Crippen LogP contribution >= 0.6 is 22.9 Å². The van der Waals surface area contributed by atoms with Gasteiger partial charge in [-0.15, -0.1) is 21.5 Å². The van der Waals surface area contributed by atoms with Gasteiger partial charge in [-0.1, -0.05) is 11.6 Å². The lowest BCUT2D eigenvalue weighted by atomic mass is 10.1. The van der Waals surface area contributed by atoms with Gasteiger partial charge in [-0.3, -0.25) is 0 Å². The molecule has 0 unspecified atom stereocenters. The van der Waals surface area contributed by atoms with E-state index in [2.05, 4.69) is 36.3 Å². The van der Waals surface area contributed by atoms with Gasteiger partial charge in [0.05, 0.1) is 9.21 Å². The molecule has 0 aliphatic carbocycles. The molecule has 6 heteroatoms. The lowest BCUT2D eigenvalue weighted by molar-refractivity contribution is 0.413. The topological polar surface area (TPSA) is 51.0 Å². The molecule has 0 aromatic carbocycles. The third-order valence-corrected chi connectivity index (χ3v) is 3.69. The normalized spacial score (nSPS) is 12.0. The second-order valence-electron chi connectivity index (χ2n) is 5.39. The Morgan fingerprint density at radius 2 is 2.11 bits per heavy atom. The predicted octanol–water partition coefficient (Wildman–Crippen LogP) is 3.77. The van der Waals surface area contributed by atoms with Crippen molar-refractivity contribution in [1.82, 2.24) is 15.5 Å². The Balaban J connectivity index is 1.85. The van der Waals surface area contributed by atoms with Crippen LogP contribution in [0.25, 0.3) is 10.8 Å². The molecule has 2 aromatic heterocycles. The van der Waals surface area contributed by atoms with E-state index in [-0.39, 0.29) is 5.54 Å². The minimum absolute atomic E-state index is 0.147. The Morgan fingerprint density at radius 1 is 1.32 bits per heavy atom. The van der Waals surface area contributed by atoms with E-state index in [0.717, 1.165) is 28.6 Å². The summed E-state index contributed by atoms with van der Waals surface area (Å²) in [5, 5.41) is 11.5. The van der Waals surface area contributed by atoms with Gasteiger partial charge in [0.25, 0.3) is 5.89 Å². The average Bonchev–Trinajstić information content (AvgIpc) is 2.92. The first-order chi connectivity index (χ1) is 8.94. The number of thiophene rings is 1. The number of halogens is 1. The molecule has 0 fully saturated rings. The lowest BCUT2D eigenvalue weighted by Crippen LogP contribution is -2.36. The maximum Gasteiger partial charge on any atom is 0.257 e. The van der Waals surface area contributed by atoms with Gasteiger partial charge in [-0.05, 0) is 45.9 Å². The summed E-state index contributed by atoms with van der Waals surface area (Å²) >= 11 is 7.33. The van der Waals surface area contributed by atoms with Crippen molar-refractivity contribution in [2.75, 3.05) is 6.54 Å². The molecule has 0 radical (unpaired) electrons. The summed E-state index contributed by atoms with van der Waals surface area (Å²) in [4.78, 5) is 0.913. The number of nitrogens with one attached hydrogen (secondary N) is 1. The van der Waals surface area contributed by atoms with Crippen molar-refractivity contribution in [3.05, 3.63) is 22.4 Å². The molecule has 0 aliphatic rings. The third-order valence-electron chi connectivity index (χ3n) is 2.47. The highest BCUT2D eigenvalue weighted by Gasteiger charge is 2.11. The molecule has 1 N–H and O–H groups in total. The minimum Gasteiger partial charge on any atom is -0.420 e. The first-order valence-corrected chi connectivity index (χ1v) is 7.46. The van der Waals surface area contributed by atoms with Gasteiger partial charge in [-0.25, -0.2) is 0 Å². The van der Waals surface area contributed by atoms with Crippen molar-refractivity contribution in [2.24, 2.45) is 0 Å². The summed E-state index contributed by atoms with van der Waals surface area (Å²) in [5.74, 6) is 1.23. The third kappa shape index (κ3) is 4.60. The van der Waals surface area contributed by atoms with Crippen LogP contribution in [0.5, 0.6) is 0 Å². The molecule has 0 aliphatic heterocycles. The highest BCUT2D eigenvalue weighted by Crippen LogP contribution is 2.29. The fourth-order valence-electron chi connectivity index (χ4n) is 1.59. The van der Waals surface area contributed by atoms with Crippen LogP contribution in [0.2, 0.25) is 4.34 Å². The van der Waals surface area contributed by atoms with Crippen LogP contribution in [0, 0.1) is 0 Å². The van der Waals surface area contributed by atoms with Gasteiger partial charge in [-0.2, -0.15) is 0 Å². The maximum atomic E-state index is 5.88. The Bertz CT molecular complexity index is 530. The molecule has 0 spiro atoms. The molecule has 0 amide bonds. The number of aryl methyl sites for hydroxylation is 1. The van der Waals surface area contributed by atoms with Gasteiger partial charge in [0.1, 0.15) is 0 Å². The summed E-state index contributed by atoms with van der Waals surface area (Å²) in [6.07, 6.45) is 1.76. The molecular weight excluding hydrogens is 282 g/mol. The maximum absolute atomic E-state index is 5.88. The second-order valence-corrected chi connectivity index (χ2v) is 7.10. The zero-order valence-electron chi connectivity index (χ0n) is 11.4. The van der Waals surface area contributed by atoms with Crippen molar-refractivity contribution in [3.8, 4) is 10.8 Å². The molecule has 104 valence electrons. The van der Waals surface area contributed by atoms with Crippen molar-refractivity contribution in [2.45, 2.75) is 39.2 Å². The molecule has 0 saturated carbocycles. The SMILES string of the molecule is CC(C)(C)NCCCc1nnc(-c2ccc(Cl)s2)o1. The van der Waals surface area contributed by atoms with Gasteiger partial charge in [0.2, 0.25) is 5.89 Å². The van der Waals surface area contributed by atoms with Gasteiger partial charge in [0, 0.05) is 12.0 Å². The van der Waals surface area contributed by atoms with Gasteiger partial charge in [0.15, 0.2) is 0 Å². The van der Waals surface area contributed by atoms with Gasteiger partial charge >= 0.3 is 0 Å².